The molecule has 1 amide bonds. The van der Waals surface area contributed by atoms with Crippen molar-refractivity contribution in [1.29, 1.82) is 0 Å². The number of esters is 1. The molecule has 7 heteroatoms. The molecule has 0 saturated carbocycles. The lowest BCUT2D eigenvalue weighted by Gasteiger charge is -2.27. The number of non-ortho nitro benzene ring substituents is 1. The Balaban J connectivity index is 2.91. The van der Waals surface area contributed by atoms with E-state index in [1.54, 1.807) is 6.92 Å². The molecular weight excluding hydrogens is 276 g/mol. The minimum absolute atomic E-state index is 0.101. The van der Waals surface area contributed by atoms with Gasteiger partial charge in [-0.05, 0) is 25.5 Å². The van der Waals surface area contributed by atoms with Crippen LogP contribution in [-0.4, -0.2) is 29.4 Å². The number of hydrogen-bond acceptors (Lipinski definition) is 5. The number of nitro benzene ring substituents is 1. The van der Waals surface area contributed by atoms with E-state index in [9.17, 15) is 19.7 Å². The molecule has 1 N–H and O–H groups in total. The Bertz CT molecular complexity index is 541. The number of nitro groups is 1. The van der Waals surface area contributed by atoms with Gasteiger partial charge >= 0.3 is 5.97 Å². The van der Waals surface area contributed by atoms with Crippen molar-refractivity contribution >= 4 is 17.6 Å². The summed E-state index contributed by atoms with van der Waals surface area (Å²) in [6, 6.07) is 5.17. The number of nitrogens with zero attached hydrogens (tertiary/aromatic N) is 1. The summed E-state index contributed by atoms with van der Waals surface area (Å²) in [5.74, 6) is -1.01. The van der Waals surface area contributed by atoms with Crippen LogP contribution >= 0.6 is 0 Å². The first kappa shape index (κ1) is 16.6. The normalized spacial score (nSPS) is 13.1. The second kappa shape index (κ2) is 6.83. The van der Waals surface area contributed by atoms with Gasteiger partial charge in [0.05, 0.1) is 12.0 Å². The molecule has 0 saturated heterocycles. The number of rotatable bonds is 6. The third-order valence-corrected chi connectivity index (χ3v) is 3.12. The molecule has 0 spiro atoms. The molecule has 21 heavy (non-hydrogen) atoms. The van der Waals surface area contributed by atoms with Gasteiger partial charge in [0, 0.05) is 17.7 Å². The van der Waals surface area contributed by atoms with Crippen molar-refractivity contribution in [3.05, 3.63) is 39.9 Å². The maximum Gasteiger partial charge on any atom is 0.331 e. The van der Waals surface area contributed by atoms with Crippen LogP contribution in [0.1, 0.15) is 37.0 Å². The zero-order valence-electron chi connectivity index (χ0n) is 12.2. The first-order chi connectivity index (χ1) is 9.84. The highest BCUT2D eigenvalue weighted by Crippen LogP contribution is 2.17. The first-order valence-corrected chi connectivity index (χ1v) is 6.49. The molecular formula is C14H18N2O5. The number of carbonyl (C=O) groups is 2. The van der Waals surface area contributed by atoms with Crippen molar-refractivity contribution in [2.45, 2.75) is 32.2 Å². The third-order valence-electron chi connectivity index (χ3n) is 3.12. The van der Waals surface area contributed by atoms with Crippen LogP contribution in [0.15, 0.2) is 24.3 Å². The van der Waals surface area contributed by atoms with Crippen molar-refractivity contribution < 1.29 is 19.2 Å². The predicted molar refractivity (Wildman–Crippen MR) is 75.9 cm³/mol. The van der Waals surface area contributed by atoms with Crippen LogP contribution in [0.25, 0.3) is 0 Å². The summed E-state index contributed by atoms with van der Waals surface area (Å²) < 4.78 is 4.71. The second-order valence-electron chi connectivity index (χ2n) is 4.83. The van der Waals surface area contributed by atoms with E-state index in [0.29, 0.717) is 12.8 Å². The molecule has 7 nitrogen and oxygen atoms in total. The highest BCUT2D eigenvalue weighted by atomic mass is 16.6. The molecule has 0 aliphatic carbocycles. The number of benzene rings is 1. The van der Waals surface area contributed by atoms with Gasteiger partial charge in [-0.3, -0.25) is 14.9 Å². The topological polar surface area (TPSA) is 98.5 Å². The summed E-state index contributed by atoms with van der Waals surface area (Å²) >= 11 is 0. The molecule has 114 valence electrons. The summed E-state index contributed by atoms with van der Waals surface area (Å²) in [6.07, 6.45) is 1.12. The highest BCUT2D eigenvalue weighted by Gasteiger charge is 2.35. The van der Waals surface area contributed by atoms with E-state index in [2.05, 4.69) is 5.32 Å². The predicted octanol–water partition coefficient (Wildman–Crippen LogP) is 2.06. The Kier molecular flexibility index (Phi) is 5.40. The largest absolute Gasteiger partial charge is 0.467 e. The number of nitrogens with one attached hydrogen (secondary N) is 1. The molecule has 0 fully saturated rings. The lowest BCUT2D eigenvalue weighted by Crippen LogP contribution is -2.52. The molecule has 0 aliphatic rings. The van der Waals surface area contributed by atoms with E-state index in [-0.39, 0.29) is 11.3 Å². The maximum atomic E-state index is 12.1. The summed E-state index contributed by atoms with van der Waals surface area (Å²) in [5.41, 5.74) is -0.981. The van der Waals surface area contributed by atoms with Crippen molar-refractivity contribution in [2.75, 3.05) is 7.11 Å². The number of methoxy groups -OCH3 is 1. The van der Waals surface area contributed by atoms with Gasteiger partial charge in [-0.25, -0.2) is 4.79 Å². The van der Waals surface area contributed by atoms with Gasteiger partial charge in [-0.15, -0.1) is 0 Å². The van der Waals surface area contributed by atoms with E-state index >= 15 is 0 Å². The third kappa shape index (κ3) is 4.01. The summed E-state index contributed by atoms with van der Waals surface area (Å²) in [7, 11) is 1.26. The monoisotopic (exact) mass is 294 g/mol. The molecule has 1 aromatic carbocycles. The van der Waals surface area contributed by atoms with Crippen LogP contribution < -0.4 is 5.32 Å². The minimum atomic E-state index is -1.12. The van der Waals surface area contributed by atoms with Crippen LogP contribution in [0, 0.1) is 10.1 Å². The van der Waals surface area contributed by atoms with Crippen LogP contribution in [0.2, 0.25) is 0 Å². The number of hydrogen-bond donors (Lipinski definition) is 1. The summed E-state index contributed by atoms with van der Waals surface area (Å²) in [4.78, 5) is 34.0. The Hall–Kier alpha value is -2.44. The maximum absolute atomic E-state index is 12.1. The van der Waals surface area contributed by atoms with Gasteiger partial charge in [0.1, 0.15) is 5.54 Å². The zero-order valence-corrected chi connectivity index (χ0v) is 12.2. The summed E-state index contributed by atoms with van der Waals surface area (Å²) in [6.45, 7) is 3.48. The smallest absolute Gasteiger partial charge is 0.331 e. The average molecular weight is 294 g/mol. The molecule has 1 unspecified atom stereocenters. The van der Waals surface area contributed by atoms with Crippen molar-refractivity contribution in [1.82, 2.24) is 5.32 Å². The molecule has 0 heterocycles. The molecule has 0 bridgehead atoms. The highest BCUT2D eigenvalue weighted by molar-refractivity contribution is 5.98. The SMILES string of the molecule is CCCC(C)(NC(=O)c1ccc([N+](=O)[O-])cc1)C(=O)OC. The lowest BCUT2D eigenvalue weighted by molar-refractivity contribution is -0.384. The van der Waals surface area contributed by atoms with Crippen LogP contribution in [-0.2, 0) is 9.53 Å². The van der Waals surface area contributed by atoms with Gasteiger partial charge in [-0.2, -0.15) is 0 Å². The molecule has 0 aliphatic heterocycles. The Morgan fingerprint density at radius 1 is 1.33 bits per heavy atom. The fraction of sp³-hybridized carbons (Fsp3) is 0.429. The van der Waals surface area contributed by atoms with Gasteiger partial charge in [-0.1, -0.05) is 13.3 Å². The Labute approximate surface area is 122 Å². The van der Waals surface area contributed by atoms with E-state index in [0.717, 1.165) is 0 Å². The average Bonchev–Trinajstić information content (AvgIpc) is 2.46. The van der Waals surface area contributed by atoms with E-state index in [1.807, 2.05) is 6.92 Å². The van der Waals surface area contributed by atoms with Gasteiger partial charge < -0.3 is 10.1 Å². The standard InChI is InChI=1S/C14H18N2O5/c1-4-9-14(2,13(18)21-3)15-12(17)10-5-7-11(8-6-10)16(19)20/h5-8H,4,9H2,1-3H3,(H,15,17). The van der Waals surface area contributed by atoms with Crippen LogP contribution in [0.4, 0.5) is 5.69 Å². The Morgan fingerprint density at radius 3 is 2.33 bits per heavy atom. The van der Waals surface area contributed by atoms with Gasteiger partial charge in [0.2, 0.25) is 0 Å². The molecule has 1 rings (SSSR count). The molecule has 1 aromatic rings. The number of amides is 1. The second-order valence-corrected chi connectivity index (χ2v) is 4.83. The van der Waals surface area contributed by atoms with Crippen LogP contribution in [0.5, 0.6) is 0 Å². The quantitative estimate of drug-likeness (QED) is 0.492. The lowest BCUT2D eigenvalue weighted by atomic mass is 9.95. The molecule has 0 radical (unpaired) electrons. The van der Waals surface area contributed by atoms with E-state index < -0.39 is 22.3 Å². The fourth-order valence-electron chi connectivity index (χ4n) is 2.00. The molecule has 0 aromatic heterocycles. The molecule has 1 atom stereocenters. The van der Waals surface area contributed by atoms with Crippen molar-refractivity contribution in [2.24, 2.45) is 0 Å². The van der Waals surface area contributed by atoms with E-state index in [1.165, 1.54) is 31.4 Å². The fourth-order valence-corrected chi connectivity index (χ4v) is 2.00. The number of carbonyl (C=O) groups excluding carboxylic acids is 2. The zero-order chi connectivity index (χ0) is 16.0. The minimum Gasteiger partial charge on any atom is -0.467 e. The number of ether oxygens (including phenoxy) is 1. The van der Waals surface area contributed by atoms with E-state index in [4.69, 9.17) is 4.74 Å². The van der Waals surface area contributed by atoms with Gasteiger partial charge in [0.25, 0.3) is 11.6 Å². The first-order valence-electron chi connectivity index (χ1n) is 6.49. The van der Waals surface area contributed by atoms with Crippen LogP contribution in [0.3, 0.4) is 0 Å². The van der Waals surface area contributed by atoms with Crippen molar-refractivity contribution in [3.63, 3.8) is 0 Å². The summed E-state index contributed by atoms with van der Waals surface area (Å²) in [5, 5.41) is 13.2. The Morgan fingerprint density at radius 2 is 1.90 bits per heavy atom. The van der Waals surface area contributed by atoms with Crippen molar-refractivity contribution in [3.8, 4) is 0 Å². The van der Waals surface area contributed by atoms with Gasteiger partial charge in [0.15, 0.2) is 0 Å².